The molecule has 1 aliphatic rings. The Bertz CT molecular complexity index is 1130. The van der Waals surface area contributed by atoms with E-state index >= 15 is 0 Å². The number of carbonyl (C=O) groups excluding carboxylic acids is 2. The van der Waals surface area contributed by atoms with Gasteiger partial charge in [-0.15, -0.1) is 0 Å². The minimum Gasteiger partial charge on any atom is -0.299 e. The van der Waals surface area contributed by atoms with Gasteiger partial charge >= 0.3 is 0 Å². The quantitative estimate of drug-likeness (QED) is 0.498. The van der Waals surface area contributed by atoms with Crippen LogP contribution in [0.1, 0.15) is 34.3 Å². The van der Waals surface area contributed by atoms with Crippen LogP contribution in [-0.2, 0) is 14.6 Å². The van der Waals surface area contributed by atoms with E-state index in [9.17, 15) is 18.0 Å². The van der Waals surface area contributed by atoms with Crippen LogP contribution in [-0.4, -0.2) is 20.0 Å². The van der Waals surface area contributed by atoms with Crippen LogP contribution in [0.2, 0.25) is 0 Å². The van der Waals surface area contributed by atoms with Crippen molar-refractivity contribution < 1.29 is 18.0 Å². The second kappa shape index (κ2) is 6.84. The lowest BCUT2D eigenvalue weighted by Crippen LogP contribution is -2.33. The largest absolute Gasteiger partial charge is 0.299 e. The minimum atomic E-state index is -3.71. The first-order valence-corrected chi connectivity index (χ1v) is 10.4. The van der Waals surface area contributed by atoms with E-state index in [4.69, 9.17) is 0 Å². The van der Waals surface area contributed by atoms with Crippen molar-refractivity contribution in [2.75, 3.05) is 0 Å². The highest BCUT2D eigenvalue weighted by atomic mass is 32.2. The van der Waals surface area contributed by atoms with Crippen LogP contribution >= 0.6 is 0 Å². The Hall–Kier alpha value is -3.05. The Kier molecular flexibility index (Phi) is 4.47. The smallest absolute Gasteiger partial charge is 0.207 e. The zero-order chi connectivity index (χ0) is 19.9. The van der Waals surface area contributed by atoms with Gasteiger partial charge in [0.1, 0.15) is 5.78 Å². The maximum atomic E-state index is 13.3. The Balaban J connectivity index is 1.98. The lowest BCUT2D eigenvalue weighted by atomic mass is 9.75. The summed E-state index contributed by atoms with van der Waals surface area (Å²) in [5, 5.41) is 0. The number of sulfone groups is 1. The van der Waals surface area contributed by atoms with Gasteiger partial charge in [0.15, 0.2) is 5.78 Å². The molecule has 3 aromatic carbocycles. The molecule has 4 nitrogen and oxygen atoms in total. The van der Waals surface area contributed by atoms with Gasteiger partial charge in [0, 0.05) is 11.5 Å². The van der Waals surface area contributed by atoms with Crippen molar-refractivity contribution >= 4 is 21.4 Å². The first kappa shape index (κ1) is 18.3. The summed E-state index contributed by atoms with van der Waals surface area (Å²) in [6, 6.07) is 21.9. The van der Waals surface area contributed by atoms with Gasteiger partial charge in [-0.05, 0) is 30.2 Å². The zero-order valence-electron chi connectivity index (χ0n) is 15.2. The average molecular weight is 390 g/mol. The number of fused-ring (bicyclic) bond motifs is 2. The fourth-order valence-corrected chi connectivity index (χ4v) is 5.73. The standard InChI is InChI=1S/C23H18O4S/c1-15(24)21(23(25)16-9-3-2-4-10-16)22-17-11-5-7-13-19(17)28(26,27)20-14-8-6-12-18(20)22/h2-14,21-22H,1H3. The molecule has 0 spiro atoms. The summed E-state index contributed by atoms with van der Waals surface area (Å²) in [5.74, 6) is -2.24. The summed E-state index contributed by atoms with van der Waals surface area (Å²) < 4.78 is 26.2. The summed E-state index contributed by atoms with van der Waals surface area (Å²) in [5.41, 5.74) is 1.42. The number of hydrogen-bond acceptors (Lipinski definition) is 4. The predicted molar refractivity (Wildman–Crippen MR) is 105 cm³/mol. The molecule has 5 heteroatoms. The van der Waals surface area contributed by atoms with Crippen molar-refractivity contribution in [2.24, 2.45) is 5.92 Å². The molecule has 0 saturated heterocycles. The summed E-state index contributed by atoms with van der Waals surface area (Å²) >= 11 is 0. The van der Waals surface area contributed by atoms with E-state index in [1.54, 1.807) is 66.7 Å². The highest BCUT2D eigenvalue weighted by Crippen LogP contribution is 2.46. The third-order valence-corrected chi connectivity index (χ3v) is 7.10. The Morgan fingerprint density at radius 2 is 1.21 bits per heavy atom. The van der Waals surface area contributed by atoms with Crippen molar-refractivity contribution in [1.82, 2.24) is 0 Å². The van der Waals surface area contributed by atoms with Gasteiger partial charge in [-0.1, -0.05) is 66.7 Å². The second-order valence-electron chi connectivity index (χ2n) is 6.88. The lowest BCUT2D eigenvalue weighted by molar-refractivity contribution is -0.119. The van der Waals surface area contributed by atoms with E-state index in [1.165, 1.54) is 19.1 Å². The number of Topliss-reactive ketones (excluding diaryl/α,β-unsaturated/α-hetero) is 2. The molecular formula is C23H18O4S. The topological polar surface area (TPSA) is 68.3 Å². The van der Waals surface area contributed by atoms with Gasteiger partial charge in [-0.3, -0.25) is 9.59 Å². The molecule has 0 fully saturated rings. The van der Waals surface area contributed by atoms with Crippen LogP contribution in [0.3, 0.4) is 0 Å². The molecular weight excluding hydrogens is 372 g/mol. The van der Waals surface area contributed by atoms with Gasteiger partial charge < -0.3 is 0 Å². The molecule has 1 unspecified atom stereocenters. The van der Waals surface area contributed by atoms with Gasteiger partial charge in [-0.25, -0.2) is 8.42 Å². The van der Waals surface area contributed by atoms with E-state index in [1.807, 2.05) is 0 Å². The van der Waals surface area contributed by atoms with Gasteiger partial charge in [0.25, 0.3) is 0 Å². The molecule has 0 radical (unpaired) electrons. The third-order valence-electron chi connectivity index (χ3n) is 5.20. The van der Waals surface area contributed by atoms with Crippen LogP contribution < -0.4 is 0 Å². The van der Waals surface area contributed by atoms with Gasteiger partial charge in [0.05, 0.1) is 15.7 Å². The van der Waals surface area contributed by atoms with E-state index in [0.29, 0.717) is 16.7 Å². The molecule has 0 N–H and O–H groups in total. The normalized spacial score (nSPS) is 15.9. The summed E-state index contributed by atoms with van der Waals surface area (Å²) in [7, 11) is -3.71. The van der Waals surface area contributed by atoms with Crippen molar-refractivity contribution in [1.29, 1.82) is 0 Å². The molecule has 0 saturated carbocycles. The lowest BCUT2D eigenvalue weighted by Gasteiger charge is -2.32. The summed E-state index contributed by atoms with van der Waals surface area (Å²) in [6.07, 6.45) is 0. The zero-order valence-corrected chi connectivity index (χ0v) is 16.0. The van der Waals surface area contributed by atoms with Crippen LogP contribution in [0, 0.1) is 5.92 Å². The average Bonchev–Trinajstić information content (AvgIpc) is 2.71. The summed E-state index contributed by atoms with van der Waals surface area (Å²) in [6.45, 7) is 1.39. The predicted octanol–water partition coefficient (Wildman–Crippen LogP) is 4.05. The van der Waals surface area contributed by atoms with Crippen LogP contribution in [0.5, 0.6) is 0 Å². The molecule has 3 aromatic rings. The molecule has 1 atom stereocenters. The fourth-order valence-electron chi connectivity index (χ4n) is 3.96. The highest BCUT2D eigenvalue weighted by Gasteiger charge is 2.43. The van der Waals surface area contributed by atoms with E-state index in [-0.39, 0.29) is 21.4 Å². The Morgan fingerprint density at radius 1 is 0.750 bits per heavy atom. The SMILES string of the molecule is CC(=O)C(C(=O)c1ccccc1)C1c2ccccc2S(=O)(=O)c2ccccc21. The maximum Gasteiger partial charge on any atom is 0.207 e. The van der Waals surface area contributed by atoms with Crippen LogP contribution in [0.15, 0.2) is 88.7 Å². The number of benzene rings is 3. The molecule has 28 heavy (non-hydrogen) atoms. The Morgan fingerprint density at radius 3 is 1.71 bits per heavy atom. The van der Waals surface area contributed by atoms with Crippen LogP contribution in [0.25, 0.3) is 0 Å². The first-order chi connectivity index (χ1) is 13.4. The molecule has 0 amide bonds. The van der Waals surface area contributed by atoms with E-state index in [0.717, 1.165) is 0 Å². The van der Waals surface area contributed by atoms with Crippen molar-refractivity contribution in [3.63, 3.8) is 0 Å². The molecule has 140 valence electrons. The Labute approximate surface area is 163 Å². The molecule has 0 aromatic heterocycles. The highest BCUT2D eigenvalue weighted by molar-refractivity contribution is 7.91. The van der Waals surface area contributed by atoms with Crippen molar-refractivity contribution in [2.45, 2.75) is 22.6 Å². The maximum absolute atomic E-state index is 13.3. The molecule has 1 heterocycles. The molecule has 4 rings (SSSR count). The number of ketones is 2. The minimum absolute atomic E-state index is 0.158. The van der Waals surface area contributed by atoms with E-state index in [2.05, 4.69) is 0 Å². The van der Waals surface area contributed by atoms with Crippen molar-refractivity contribution in [3.8, 4) is 0 Å². The summed E-state index contributed by atoms with van der Waals surface area (Å²) in [4.78, 5) is 26.3. The van der Waals surface area contributed by atoms with Crippen molar-refractivity contribution in [3.05, 3.63) is 95.6 Å². The first-order valence-electron chi connectivity index (χ1n) is 8.95. The van der Waals surface area contributed by atoms with Gasteiger partial charge in [-0.2, -0.15) is 0 Å². The monoisotopic (exact) mass is 390 g/mol. The molecule has 0 bridgehead atoms. The second-order valence-corrected chi connectivity index (χ2v) is 8.76. The number of hydrogen-bond donors (Lipinski definition) is 0. The molecule has 0 aliphatic carbocycles. The molecule has 1 aliphatic heterocycles. The third kappa shape index (κ3) is 2.79. The van der Waals surface area contributed by atoms with Gasteiger partial charge in [0.2, 0.25) is 9.84 Å². The number of rotatable bonds is 4. The number of carbonyl (C=O) groups is 2. The van der Waals surface area contributed by atoms with E-state index < -0.39 is 21.7 Å². The fraction of sp³-hybridized carbons (Fsp3) is 0.130. The van der Waals surface area contributed by atoms with Crippen LogP contribution in [0.4, 0.5) is 0 Å².